The van der Waals surface area contributed by atoms with Crippen LogP contribution in [0.5, 0.6) is 0 Å². The van der Waals surface area contributed by atoms with Gasteiger partial charge in [0, 0.05) is 10.8 Å². The lowest BCUT2D eigenvalue weighted by molar-refractivity contribution is 0.0697. The molecule has 1 aromatic rings. The molecule has 0 bridgehead atoms. The molecule has 41 valence electrons. The Bertz CT molecular complexity index is 178. The van der Waals surface area contributed by atoms with Gasteiger partial charge < -0.3 is 5.11 Å². The molecule has 1 rings (SSSR count). The number of carboxylic acid groups (broad SMARTS) is 1. The van der Waals surface area contributed by atoms with Crippen molar-refractivity contribution in [1.29, 1.82) is 0 Å². The highest BCUT2D eigenvalue weighted by Crippen LogP contribution is 2.03. The first-order valence-corrected chi connectivity index (χ1v) is 2.86. The van der Waals surface area contributed by atoms with Crippen molar-refractivity contribution in [2.75, 3.05) is 0 Å². The Morgan fingerprint density at radius 3 is 2.88 bits per heavy atom. The van der Waals surface area contributed by atoms with Crippen LogP contribution in [-0.2, 0) is 0 Å². The summed E-state index contributed by atoms with van der Waals surface area (Å²) >= 11 is 1.26. The van der Waals surface area contributed by atoms with Crippen LogP contribution in [0.1, 0.15) is 10.4 Å². The molecule has 8 heavy (non-hydrogen) atoms. The van der Waals surface area contributed by atoms with Crippen LogP contribution in [0.25, 0.3) is 0 Å². The third kappa shape index (κ3) is 0.869. The van der Waals surface area contributed by atoms with E-state index in [1.807, 2.05) is 0 Å². The maximum atomic E-state index is 10.0. The van der Waals surface area contributed by atoms with Crippen LogP contribution >= 0.6 is 11.3 Å². The molecule has 0 aliphatic rings. The van der Waals surface area contributed by atoms with E-state index < -0.39 is 5.97 Å². The molecule has 3 heteroatoms. The quantitative estimate of drug-likeness (QED) is 0.616. The fraction of sp³-hybridized carbons (Fsp3) is 0. The highest BCUT2D eigenvalue weighted by atomic mass is 32.1. The zero-order valence-corrected chi connectivity index (χ0v) is 4.73. The molecule has 0 unspecified atom stereocenters. The molecule has 1 aromatic heterocycles. The Morgan fingerprint density at radius 2 is 2.62 bits per heavy atom. The van der Waals surface area contributed by atoms with Gasteiger partial charge in [-0.15, -0.1) is 11.3 Å². The molecular formula is C5H3O2S. The summed E-state index contributed by atoms with van der Waals surface area (Å²) in [7, 11) is 0. The molecule has 0 aliphatic carbocycles. The average molecular weight is 127 g/mol. The van der Waals surface area contributed by atoms with Gasteiger partial charge in [-0.3, -0.25) is 0 Å². The van der Waals surface area contributed by atoms with Crippen molar-refractivity contribution in [3.63, 3.8) is 0 Å². The zero-order chi connectivity index (χ0) is 5.98. The molecule has 1 heterocycles. The van der Waals surface area contributed by atoms with Crippen LogP contribution in [-0.4, -0.2) is 11.1 Å². The molecule has 0 saturated heterocycles. The van der Waals surface area contributed by atoms with Crippen LogP contribution in [0.3, 0.4) is 0 Å². The third-order valence-electron chi connectivity index (χ3n) is 0.715. The minimum absolute atomic E-state index is 0.315. The van der Waals surface area contributed by atoms with Crippen molar-refractivity contribution in [1.82, 2.24) is 0 Å². The second-order valence-electron chi connectivity index (χ2n) is 1.26. The molecule has 0 aromatic carbocycles. The predicted octanol–water partition coefficient (Wildman–Crippen LogP) is 1.25. The van der Waals surface area contributed by atoms with Crippen LogP contribution in [0.2, 0.25) is 0 Å². The Balaban J connectivity index is 2.93. The summed E-state index contributed by atoms with van der Waals surface area (Å²) in [6.07, 6.45) is 0. The lowest BCUT2D eigenvalue weighted by atomic mass is 10.4. The number of carboxylic acids is 1. The Labute approximate surface area is 50.4 Å². The third-order valence-corrected chi connectivity index (χ3v) is 1.34. The molecule has 0 aliphatic heterocycles. The van der Waals surface area contributed by atoms with E-state index in [-0.39, 0.29) is 0 Å². The van der Waals surface area contributed by atoms with Gasteiger partial charge in [-0.2, -0.15) is 0 Å². The van der Waals surface area contributed by atoms with Gasteiger partial charge in [0.1, 0.15) is 0 Å². The van der Waals surface area contributed by atoms with Gasteiger partial charge in [0.2, 0.25) is 0 Å². The largest absolute Gasteiger partial charge is 0.478 e. The van der Waals surface area contributed by atoms with Crippen molar-refractivity contribution in [2.24, 2.45) is 0 Å². The van der Waals surface area contributed by atoms with E-state index in [9.17, 15) is 4.79 Å². The van der Waals surface area contributed by atoms with Gasteiger partial charge in [0.05, 0.1) is 5.56 Å². The number of hydrogen-bond donors (Lipinski definition) is 1. The summed E-state index contributed by atoms with van der Waals surface area (Å²) in [4.78, 5) is 10.0. The molecule has 2 nitrogen and oxygen atoms in total. The minimum Gasteiger partial charge on any atom is -0.478 e. The van der Waals surface area contributed by atoms with Gasteiger partial charge in [0.25, 0.3) is 0 Å². The van der Waals surface area contributed by atoms with E-state index in [2.05, 4.69) is 5.38 Å². The normalized spacial score (nSPS) is 9.00. The Morgan fingerprint density at radius 1 is 1.88 bits per heavy atom. The molecule has 1 radical (unpaired) electrons. The lowest BCUT2D eigenvalue weighted by Crippen LogP contribution is -1.90. The number of thiophene rings is 1. The summed E-state index contributed by atoms with van der Waals surface area (Å²) in [5.41, 5.74) is 0.315. The monoisotopic (exact) mass is 127 g/mol. The Kier molecular flexibility index (Phi) is 1.30. The number of aromatic carboxylic acids is 1. The van der Waals surface area contributed by atoms with Gasteiger partial charge in [0.15, 0.2) is 0 Å². The zero-order valence-electron chi connectivity index (χ0n) is 3.92. The average Bonchev–Trinajstić information content (AvgIpc) is 2.12. The standard InChI is InChI=1S/C5H3O2S/c6-5(7)4-1-2-8-3-4/h1,3H,(H,6,7). The van der Waals surface area contributed by atoms with E-state index in [0.29, 0.717) is 5.56 Å². The predicted molar refractivity (Wildman–Crippen MR) is 30.1 cm³/mol. The molecule has 1 N–H and O–H groups in total. The van der Waals surface area contributed by atoms with E-state index in [1.165, 1.54) is 17.4 Å². The molecule has 0 atom stereocenters. The van der Waals surface area contributed by atoms with Crippen LogP contribution in [0.15, 0.2) is 11.4 Å². The van der Waals surface area contributed by atoms with E-state index in [1.54, 1.807) is 5.38 Å². The van der Waals surface area contributed by atoms with E-state index in [0.717, 1.165) is 0 Å². The first-order chi connectivity index (χ1) is 3.80. The van der Waals surface area contributed by atoms with Gasteiger partial charge in [-0.25, -0.2) is 4.79 Å². The van der Waals surface area contributed by atoms with E-state index in [4.69, 9.17) is 5.11 Å². The second kappa shape index (κ2) is 1.96. The van der Waals surface area contributed by atoms with Crippen molar-refractivity contribution in [3.8, 4) is 0 Å². The highest BCUT2D eigenvalue weighted by molar-refractivity contribution is 7.07. The van der Waals surface area contributed by atoms with Crippen molar-refractivity contribution >= 4 is 17.3 Å². The number of hydrogen-bond acceptors (Lipinski definition) is 2. The summed E-state index contributed by atoms with van der Waals surface area (Å²) in [6, 6.07) is 1.45. The van der Waals surface area contributed by atoms with Gasteiger partial charge in [-0.1, -0.05) is 0 Å². The lowest BCUT2D eigenvalue weighted by Gasteiger charge is -1.78. The maximum absolute atomic E-state index is 10.0. The fourth-order valence-electron chi connectivity index (χ4n) is 0.341. The summed E-state index contributed by atoms with van der Waals surface area (Å²) in [5, 5.41) is 12.5. The first kappa shape index (κ1) is 5.31. The molecule has 0 amide bonds. The van der Waals surface area contributed by atoms with Gasteiger partial charge >= 0.3 is 5.97 Å². The van der Waals surface area contributed by atoms with Crippen LogP contribution in [0.4, 0.5) is 0 Å². The van der Waals surface area contributed by atoms with Gasteiger partial charge in [-0.05, 0) is 6.07 Å². The van der Waals surface area contributed by atoms with Crippen LogP contribution < -0.4 is 0 Å². The topological polar surface area (TPSA) is 37.3 Å². The minimum atomic E-state index is -0.887. The highest BCUT2D eigenvalue weighted by Gasteiger charge is 1.98. The van der Waals surface area contributed by atoms with Crippen molar-refractivity contribution < 1.29 is 9.90 Å². The molecule has 0 saturated carbocycles. The molecule has 0 fully saturated rings. The Hall–Kier alpha value is -0.830. The second-order valence-corrected chi connectivity index (χ2v) is 1.97. The van der Waals surface area contributed by atoms with Crippen LogP contribution in [0, 0.1) is 5.38 Å². The number of rotatable bonds is 1. The molecule has 0 spiro atoms. The summed E-state index contributed by atoms with van der Waals surface area (Å²) < 4.78 is 0. The van der Waals surface area contributed by atoms with Crippen molar-refractivity contribution in [3.05, 3.63) is 22.4 Å². The first-order valence-electron chi connectivity index (χ1n) is 1.98. The maximum Gasteiger partial charge on any atom is 0.336 e. The van der Waals surface area contributed by atoms with E-state index >= 15 is 0 Å². The smallest absolute Gasteiger partial charge is 0.336 e. The SMILES string of the molecule is O=C(O)c1c[c]sc1. The number of carbonyl (C=O) groups is 1. The summed E-state index contributed by atoms with van der Waals surface area (Å²) in [6.45, 7) is 0. The van der Waals surface area contributed by atoms with Crippen molar-refractivity contribution in [2.45, 2.75) is 0 Å². The fourth-order valence-corrected chi connectivity index (χ4v) is 0.900. The molecular weight excluding hydrogens is 124 g/mol. The summed E-state index contributed by atoms with van der Waals surface area (Å²) in [5.74, 6) is -0.887.